The van der Waals surface area contributed by atoms with Gasteiger partial charge in [-0.2, -0.15) is 0 Å². The highest BCUT2D eigenvalue weighted by Crippen LogP contribution is 2.24. The Kier molecular flexibility index (Phi) is 8.53. The van der Waals surface area contributed by atoms with Crippen LogP contribution < -0.4 is 21.3 Å². The molecule has 0 unspecified atom stereocenters. The number of H-pyrrole nitrogens is 1. The number of methoxy groups -OCH3 is 2. The molecule has 0 atom stereocenters. The summed E-state index contributed by atoms with van der Waals surface area (Å²) >= 11 is 10.6. The first-order valence-electron chi connectivity index (χ1n) is 9.77. The smallest absolute Gasteiger partial charge is 0.170 e. The maximum atomic E-state index is 5.30. The van der Waals surface area contributed by atoms with Crippen molar-refractivity contribution in [3.8, 4) is 11.4 Å². The Bertz CT molecular complexity index is 1020. The molecular weight excluding hydrogens is 432 g/mol. The summed E-state index contributed by atoms with van der Waals surface area (Å²) in [5.41, 5.74) is 4.56. The molecule has 2 aromatic carbocycles. The number of rotatable bonds is 9. The molecule has 0 aliphatic rings. The summed E-state index contributed by atoms with van der Waals surface area (Å²) in [6.07, 6.45) is 0. The molecule has 0 aliphatic carbocycles. The normalized spacial score (nSPS) is 10.6. The van der Waals surface area contributed by atoms with Gasteiger partial charge in [0.15, 0.2) is 10.2 Å². The molecule has 3 rings (SSSR count). The monoisotopic (exact) mass is 458 g/mol. The lowest BCUT2D eigenvalue weighted by Crippen LogP contribution is -2.31. The molecule has 0 saturated carbocycles. The van der Waals surface area contributed by atoms with E-state index in [4.69, 9.17) is 33.9 Å². The fourth-order valence-electron chi connectivity index (χ4n) is 2.82. The molecule has 0 fully saturated rings. The number of thiocarbonyl (C=S) groups is 2. The Morgan fingerprint density at radius 3 is 2.06 bits per heavy atom. The average Bonchev–Trinajstić information content (AvgIpc) is 3.18. The Labute approximate surface area is 192 Å². The van der Waals surface area contributed by atoms with Gasteiger partial charge in [0.25, 0.3) is 0 Å². The molecule has 1 heterocycles. The second-order valence-corrected chi connectivity index (χ2v) is 7.46. The van der Waals surface area contributed by atoms with Gasteiger partial charge in [-0.3, -0.25) is 0 Å². The third-order valence-corrected chi connectivity index (χ3v) is 4.83. The van der Waals surface area contributed by atoms with Gasteiger partial charge < -0.3 is 35.7 Å². The molecule has 1 aromatic heterocycles. The first-order valence-corrected chi connectivity index (χ1v) is 10.6. The Morgan fingerprint density at radius 2 is 1.45 bits per heavy atom. The van der Waals surface area contributed by atoms with Crippen LogP contribution in [0.25, 0.3) is 22.4 Å². The van der Waals surface area contributed by atoms with Crippen LogP contribution in [-0.4, -0.2) is 60.7 Å². The van der Waals surface area contributed by atoms with E-state index < -0.39 is 0 Å². The Hall–Kier alpha value is -2.79. The summed E-state index contributed by atoms with van der Waals surface area (Å²) in [5, 5.41) is 13.6. The third kappa shape index (κ3) is 6.86. The predicted molar refractivity (Wildman–Crippen MR) is 134 cm³/mol. The van der Waals surface area contributed by atoms with E-state index in [2.05, 4.69) is 31.2 Å². The minimum Gasteiger partial charge on any atom is -0.383 e. The quantitative estimate of drug-likeness (QED) is 0.245. The van der Waals surface area contributed by atoms with Crippen molar-refractivity contribution in [2.45, 2.75) is 0 Å². The summed E-state index contributed by atoms with van der Waals surface area (Å²) in [4.78, 5) is 8.05. The summed E-state index contributed by atoms with van der Waals surface area (Å²) in [6, 6.07) is 13.8. The molecular formula is C21H26N6O2S2. The van der Waals surface area contributed by atoms with Crippen molar-refractivity contribution in [2.75, 3.05) is 51.2 Å². The van der Waals surface area contributed by atoms with Crippen LogP contribution in [0.4, 0.5) is 11.4 Å². The van der Waals surface area contributed by atoms with E-state index in [-0.39, 0.29) is 0 Å². The Morgan fingerprint density at radius 1 is 0.871 bits per heavy atom. The highest BCUT2D eigenvalue weighted by Gasteiger charge is 2.07. The van der Waals surface area contributed by atoms with Crippen molar-refractivity contribution in [1.82, 2.24) is 20.6 Å². The van der Waals surface area contributed by atoms with Crippen LogP contribution in [0.2, 0.25) is 0 Å². The molecule has 10 heteroatoms. The van der Waals surface area contributed by atoms with Crippen molar-refractivity contribution in [3.05, 3.63) is 42.5 Å². The number of anilines is 2. The largest absolute Gasteiger partial charge is 0.383 e. The van der Waals surface area contributed by atoms with Gasteiger partial charge in [-0.25, -0.2) is 4.98 Å². The van der Waals surface area contributed by atoms with E-state index in [1.807, 2.05) is 42.5 Å². The topological polar surface area (TPSA) is 95.3 Å². The molecule has 31 heavy (non-hydrogen) atoms. The molecule has 8 nitrogen and oxygen atoms in total. The maximum Gasteiger partial charge on any atom is 0.170 e. The molecule has 3 aromatic rings. The predicted octanol–water partition coefficient (Wildman–Crippen LogP) is 3.10. The molecule has 0 amide bonds. The second-order valence-electron chi connectivity index (χ2n) is 6.64. The van der Waals surface area contributed by atoms with Crippen molar-refractivity contribution < 1.29 is 9.47 Å². The van der Waals surface area contributed by atoms with Crippen molar-refractivity contribution in [2.24, 2.45) is 0 Å². The Balaban J connectivity index is 1.63. The highest BCUT2D eigenvalue weighted by molar-refractivity contribution is 7.80. The number of imidazole rings is 1. The van der Waals surface area contributed by atoms with Crippen LogP contribution in [0.1, 0.15) is 0 Å². The number of ether oxygens (including phenoxy) is 2. The number of aromatic nitrogens is 2. The molecule has 0 radical (unpaired) electrons. The number of fused-ring (bicyclic) bond motifs is 1. The standard InChI is InChI=1S/C21H26N6O2S2/c1-28-11-9-22-20(30)24-15-5-3-14(4-6-15)19-26-17-8-7-16(13-18(17)27-19)25-21(31)23-10-12-29-2/h3-8,13H,9-12H2,1-2H3,(H,26,27)(H2,22,24,30)(H2,23,25,31). The van der Waals surface area contributed by atoms with Gasteiger partial charge in [0.1, 0.15) is 5.82 Å². The lowest BCUT2D eigenvalue weighted by Gasteiger charge is -2.10. The first-order chi connectivity index (χ1) is 15.1. The number of nitrogens with one attached hydrogen (secondary N) is 5. The third-order valence-electron chi connectivity index (χ3n) is 4.34. The lowest BCUT2D eigenvalue weighted by atomic mass is 10.2. The minimum atomic E-state index is 0.550. The lowest BCUT2D eigenvalue weighted by molar-refractivity contribution is 0.204. The van der Waals surface area contributed by atoms with Gasteiger partial charge in [0.05, 0.1) is 24.2 Å². The van der Waals surface area contributed by atoms with E-state index in [9.17, 15) is 0 Å². The zero-order valence-electron chi connectivity index (χ0n) is 17.5. The van der Waals surface area contributed by atoms with Crippen LogP contribution in [-0.2, 0) is 9.47 Å². The molecule has 0 bridgehead atoms. The van der Waals surface area contributed by atoms with Crippen molar-refractivity contribution in [1.29, 1.82) is 0 Å². The van der Waals surface area contributed by atoms with Crippen LogP contribution in [0, 0.1) is 0 Å². The van der Waals surface area contributed by atoms with Crippen LogP contribution in [0.3, 0.4) is 0 Å². The SMILES string of the molecule is COCCNC(=S)Nc1ccc(-c2nc3ccc(NC(=S)NCCOC)cc3[nH]2)cc1. The highest BCUT2D eigenvalue weighted by atomic mass is 32.1. The van der Waals surface area contributed by atoms with E-state index in [1.165, 1.54) is 0 Å². The van der Waals surface area contributed by atoms with E-state index >= 15 is 0 Å². The minimum absolute atomic E-state index is 0.550. The fraction of sp³-hybridized carbons (Fsp3) is 0.286. The summed E-state index contributed by atoms with van der Waals surface area (Å²) in [5.74, 6) is 0.792. The summed E-state index contributed by atoms with van der Waals surface area (Å²) in [7, 11) is 3.31. The molecule has 5 N–H and O–H groups in total. The van der Waals surface area contributed by atoms with Crippen molar-refractivity contribution >= 4 is 57.1 Å². The van der Waals surface area contributed by atoms with Gasteiger partial charge in [-0.1, -0.05) is 0 Å². The van der Waals surface area contributed by atoms with E-state index in [1.54, 1.807) is 14.2 Å². The number of nitrogens with zero attached hydrogens (tertiary/aromatic N) is 1. The van der Waals surface area contributed by atoms with Gasteiger partial charge in [-0.15, -0.1) is 0 Å². The molecule has 0 spiro atoms. The van der Waals surface area contributed by atoms with E-state index in [0.717, 1.165) is 33.8 Å². The summed E-state index contributed by atoms with van der Waals surface area (Å²) in [6.45, 7) is 2.50. The average molecular weight is 459 g/mol. The van der Waals surface area contributed by atoms with Gasteiger partial charge >= 0.3 is 0 Å². The number of benzene rings is 2. The second kappa shape index (κ2) is 11.6. The number of hydrogen-bond donors (Lipinski definition) is 5. The van der Waals surface area contributed by atoms with Crippen LogP contribution in [0.15, 0.2) is 42.5 Å². The van der Waals surface area contributed by atoms with Gasteiger partial charge in [-0.05, 0) is 66.9 Å². The first kappa shape index (κ1) is 22.9. The van der Waals surface area contributed by atoms with Crippen LogP contribution in [0.5, 0.6) is 0 Å². The summed E-state index contributed by atoms with van der Waals surface area (Å²) < 4.78 is 10.0. The number of hydrogen-bond acceptors (Lipinski definition) is 5. The van der Waals surface area contributed by atoms with Gasteiger partial charge in [0.2, 0.25) is 0 Å². The van der Waals surface area contributed by atoms with Crippen LogP contribution >= 0.6 is 24.4 Å². The number of aromatic amines is 1. The fourth-order valence-corrected chi connectivity index (χ4v) is 3.26. The zero-order chi connectivity index (χ0) is 22.1. The molecule has 0 saturated heterocycles. The van der Waals surface area contributed by atoms with E-state index in [0.29, 0.717) is 36.5 Å². The zero-order valence-corrected chi connectivity index (χ0v) is 19.1. The molecule has 0 aliphatic heterocycles. The maximum absolute atomic E-state index is 5.30. The van der Waals surface area contributed by atoms with Crippen molar-refractivity contribution in [3.63, 3.8) is 0 Å². The molecule has 164 valence electrons. The van der Waals surface area contributed by atoms with Gasteiger partial charge in [0, 0.05) is 44.2 Å².